The Morgan fingerprint density at radius 3 is 0.914 bits per heavy atom. The van der Waals surface area contributed by atoms with Gasteiger partial charge in [0.05, 0.1) is 32.1 Å². The molecule has 5 nitrogen and oxygen atoms in total. The average Bonchev–Trinajstić information content (AvgIpc) is 3.38. The zero-order valence-corrected chi connectivity index (χ0v) is 46.4. The van der Waals surface area contributed by atoms with E-state index in [0.29, 0.717) is 19.8 Å². The van der Waals surface area contributed by atoms with E-state index in [2.05, 4.69) is 76.2 Å². The van der Waals surface area contributed by atoms with Gasteiger partial charge in [-0.05, 0) is 61.6 Å². The molecular formula is C65H109NO4. The molecular weight excluding hydrogens is 859 g/mol. The second kappa shape index (κ2) is 44.5. The number of aromatic nitrogens is 1. The molecule has 2 aromatic carbocycles. The second-order valence-electron chi connectivity index (χ2n) is 20.9. The Hall–Kier alpha value is -3.21. The molecule has 70 heavy (non-hydrogen) atoms. The topological polar surface area (TPSA) is 49.8 Å². The summed E-state index contributed by atoms with van der Waals surface area (Å²) in [6, 6.07) is 17.2. The highest BCUT2D eigenvalue weighted by Crippen LogP contribution is 2.42. The van der Waals surface area contributed by atoms with Crippen LogP contribution in [0.5, 0.6) is 23.0 Å². The van der Waals surface area contributed by atoms with Crippen LogP contribution in [0, 0.1) is 0 Å². The fourth-order valence-corrected chi connectivity index (χ4v) is 9.65. The summed E-state index contributed by atoms with van der Waals surface area (Å²) in [6.07, 6.45) is 54.5. The summed E-state index contributed by atoms with van der Waals surface area (Å²) in [7, 11) is 0. The summed E-state index contributed by atoms with van der Waals surface area (Å²) < 4.78 is 26.2. The van der Waals surface area contributed by atoms with Crippen LogP contribution in [0.15, 0.2) is 54.7 Å². The third-order valence-electron chi connectivity index (χ3n) is 14.3. The Bertz CT molecular complexity index is 1540. The third kappa shape index (κ3) is 30.6. The summed E-state index contributed by atoms with van der Waals surface area (Å²) >= 11 is 0. The highest BCUT2D eigenvalue weighted by molar-refractivity contribution is 5.71. The van der Waals surface area contributed by atoms with Gasteiger partial charge in [-0.15, -0.1) is 0 Å². The standard InChI is InChI=1S/C65H109NO4/c1-5-9-13-17-21-25-29-33-37-41-51-67-61-48-45-58(46-49-61)59-47-50-62(66-57-59)60-55-63(68-52-42-38-34-30-26-22-18-14-10-6-2)65(70-54-44-40-36-32-28-24-20-16-12-8-4)64(56-60)69-53-43-39-35-31-27-23-19-15-11-7-3/h45-50,55-57H,5-44,51-54H2,1-4H3. The number of rotatable bonds is 50. The molecule has 0 amide bonds. The molecule has 3 rings (SSSR count). The van der Waals surface area contributed by atoms with Crippen molar-refractivity contribution in [2.75, 3.05) is 26.4 Å². The number of pyridine rings is 1. The first-order valence-electron chi connectivity index (χ1n) is 30.5. The molecule has 0 aliphatic heterocycles. The first-order chi connectivity index (χ1) is 34.7. The highest BCUT2D eigenvalue weighted by atomic mass is 16.5. The van der Waals surface area contributed by atoms with Crippen molar-refractivity contribution >= 4 is 0 Å². The molecule has 398 valence electrons. The van der Waals surface area contributed by atoms with Gasteiger partial charge in [0.2, 0.25) is 5.75 Å². The predicted molar refractivity (Wildman–Crippen MR) is 304 cm³/mol. The Labute approximate surface area is 433 Å². The Morgan fingerprint density at radius 2 is 0.586 bits per heavy atom. The van der Waals surface area contributed by atoms with Gasteiger partial charge in [0, 0.05) is 17.3 Å². The summed E-state index contributed by atoms with van der Waals surface area (Å²) in [5, 5.41) is 0. The molecule has 5 heteroatoms. The highest BCUT2D eigenvalue weighted by Gasteiger charge is 2.18. The van der Waals surface area contributed by atoms with E-state index >= 15 is 0 Å². The monoisotopic (exact) mass is 968 g/mol. The lowest BCUT2D eigenvalue weighted by atomic mass is 10.0. The third-order valence-corrected chi connectivity index (χ3v) is 14.3. The van der Waals surface area contributed by atoms with Gasteiger partial charge in [0.1, 0.15) is 5.75 Å². The Kier molecular flexibility index (Phi) is 38.8. The van der Waals surface area contributed by atoms with E-state index in [0.717, 1.165) is 77.7 Å². The molecule has 0 radical (unpaired) electrons. The molecule has 3 aromatic rings. The van der Waals surface area contributed by atoms with Gasteiger partial charge in [-0.2, -0.15) is 0 Å². The van der Waals surface area contributed by atoms with Gasteiger partial charge in [-0.25, -0.2) is 0 Å². The second-order valence-corrected chi connectivity index (χ2v) is 20.9. The van der Waals surface area contributed by atoms with Crippen molar-refractivity contribution in [3.8, 4) is 45.4 Å². The van der Waals surface area contributed by atoms with Gasteiger partial charge >= 0.3 is 0 Å². The van der Waals surface area contributed by atoms with Gasteiger partial charge < -0.3 is 18.9 Å². The number of nitrogens with zero attached hydrogens (tertiary/aromatic N) is 1. The lowest BCUT2D eigenvalue weighted by Gasteiger charge is -2.19. The predicted octanol–water partition coefficient (Wildman–Crippen LogP) is 21.6. The van der Waals surface area contributed by atoms with Crippen molar-refractivity contribution in [2.45, 2.75) is 285 Å². The number of ether oxygens (including phenoxy) is 4. The molecule has 0 fully saturated rings. The quantitative estimate of drug-likeness (QED) is 0.0528. The van der Waals surface area contributed by atoms with E-state index < -0.39 is 0 Å². The van der Waals surface area contributed by atoms with E-state index in [1.807, 2.05) is 6.20 Å². The average molecular weight is 969 g/mol. The van der Waals surface area contributed by atoms with Crippen molar-refractivity contribution in [3.63, 3.8) is 0 Å². The van der Waals surface area contributed by atoms with Gasteiger partial charge in [0.25, 0.3) is 0 Å². The Balaban J connectivity index is 1.66. The van der Waals surface area contributed by atoms with Crippen molar-refractivity contribution in [2.24, 2.45) is 0 Å². The number of hydrogen-bond donors (Lipinski definition) is 0. The first-order valence-corrected chi connectivity index (χ1v) is 30.5. The van der Waals surface area contributed by atoms with Crippen molar-refractivity contribution < 1.29 is 18.9 Å². The van der Waals surface area contributed by atoms with Crippen LogP contribution < -0.4 is 18.9 Å². The molecule has 0 N–H and O–H groups in total. The minimum atomic E-state index is 0.676. The number of unbranched alkanes of at least 4 members (excludes halogenated alkanes) is 36. The summed E-state index contributed by atoms with van der Waals surface area (Å²) in [5.74, 6) is 3.29. The smallest absolute Gasteiger partial charge is 0.203 e. The van der Waals surface area contributed by atoms with E-state index in [4.69, 9.17) is 23.9 Å². The maximum absolute atomic E-state index is 6.70. The minimum Gasteiger partial charge on any atom is -0.494 e. The molecule has 0 spiro atoms. The van der Waals surface area contributed by atoms with Gasteiger partial charge in [-0.3, -0.25) is 4.98 Å². The van der Waals surface area contributed by atoms with E-state index in [1.54, 1.807) is 0 Å². The molecule has 0 saturated heterocycles. The number of hydrogen-bond acceptors (Lipinski definition) is 5. The van der Waals surface area contributed by atoms with Crippen molar-refractivity contribution in [1.82, 2.24) is 4.98 Å². The van der Waals surface area contributed by atoms with Gasteiger partial charge in [-0.1, -0.05) is 277 Å². The van der Waals surface area contributed by atoms with Crippen LogP contribution in [0.2, 0.25) is 0 Å². The zero-order valence-electron chi connectivity index (χ0n) is 46.4. The van der Waals surface area contributed by atoms with Gasteiger partial charge in [0.15, 0.2) is 11.5 Å². The fourth-order valence-electron chi connectivity index (χ4n) is 9.65. The largest absolute Gasteiger partial charge is 0.494 e. The summed E-state index contributed by atoms with van der Waals surface area (Å²) in [4.78, 5) is 5.04. The first kappa shape index (κ1) is 61.1. The van der Waals surface area contributed by atoms with Crippen LogP contribution in [0.25, 0.3) is 22.4 Å². The fraction of sp³-hybridized carbons (Fsp3) is 0.738. The molecule has 0 bridgehead atoms. The molecule has 1 heterocycles. The van der Waals surface area contributed by atoms with Crippen LogP contribution in [-0.4, -0.2) is 31.4 Å². The molecule has 0 aliphatic carbocycles. The normalized spacial score (nSPS) is 11.4. The number of benzene rings is 2. The van der Waals surface area contributed by atoms with E-state index in [1.165, 1.54) is 231 Å². The maximum atomic E-state index is 6.70. The van der Waals surface area contributed by atoms with Crippen molar-refractivity contribution in [1.29, 1.82) is 0 Å². The van der Waals surface area contributed by atoms with E-state index in [9.17, 15) is 0 Å². The van der Waals surface area contributed by atoms with Crippen LogP contribution in [0.3, 0.4) is 0 Å². The Morgan fingerprint density at radius 1 is 0.286 bits per heavy atom. The molecule has 0 unspecified atom stereocenters. The maximum Gasteiger partial charge on any atom is 0.203 e. The molecule has 0 saturated carbocycles. The van der Waals surface area contributed by atoms with Crippen LogP contribution in [-0.2, 0) is 0 Å². The molecule has 0 atom stereocenters. The molecule has 0 aliphatic rings. The van der Waals surface area contributed by atoms with Crippen LogP contribution in [0.4, 0.5) is 0 Å². The van der Waals surface area contributed by atoms with Crippen LogP contribution in [0.1, 0.15) is 285 Å². The SMILES string of the molecule is CCCCCCCCCCCCOc1ccc(-c2ccc(-c3cc(OCCCCCCCCCCCC)c(OCCCCCCCCCCCC)c(OCCCCCCCCCCCC)c3)nc2)cc1. The van der Waals surface area contributed by atoms with Crippen LogP contribution >= 0.6 is 0 Å². The molecule has 1 aromatic heterocycles. The van der Waals surface area contributed by atoms with Crippen molar-refractivity contribution in [3.05, 3.63) is 54.7 Å². The zero-order chi connectivity index (χ0) is 49.6. The summed E-state index contributed by atoms with van der Waals surface area (Å²) in [6.45, 7) is 12.0. The van der Waals surface area contributed by atoms with E-state index in [-0.39, 0.29) is 0 Å². The lowest BCUT2D eigenvalue weighted by molar-refractivity contribution is 0.234. The minimum absolute atomic E-state index is 0.676. The lowest BCUT2D eigenvalue weighted by Crippen LogP contribution is -2.07. The summed E-state index contributed by atoms with van der Waals surface area (Å²) in [5.41, 5.74) is 4.15.